The van der Waals surface area contributed by atoms with Crippen LogP contribution in [0.15, 0.2) is 68.9 Å². The predicted octanol–water partition coefficient (Wildman–Crippen LogP) is 6.33. The summed E-state index contributed by atoms with van der Waals surface area (Å²) in [6.07, 6.45) is 1.26. The van der Waals surface area contributed by atoms with E-state index in [9.17, 15) is 25.0 Å². The van der Waals surface area contributed by atoms with Crippen LogP contribution in [0.25, 0.3) is 10.2 Å². The zero-order valence-corrected chi connectivity index (χ0v) is 20.3. The quantitative estimate of drug-likeness (QED) is 0.162. The van der Waals surface area contributed by atoms with Crippen LogP contribution in [0.4, 0.5) is 11.4 Å². The van der Waals surface area contributed by atoms with Crippen LogP contribution < -0.4 is 5.43 Å². The van der Waals surface area contributed by atoms with Gasteiger partial charge in [0, 0.05) is 28.8 Å². The van der Waals surface area contributed by atoms with Crippen LogP contribution in [-0.4, -0.2) is 27.0 Å². The van der Waals surface area contributed by atoms with Crippen molar-refractivity contribution in [3.8, 4) is 0 Å². The second-order valence-electron chi connectivity index (χ2n) is 6.80. The van der Waals surface area contributed by atoms with E-state index in [1.54, 1.807) is 6.07 Å². The molecular formula is C21H11Cl2N5O5S2. The number of carbonyl (C=O) groups is 1. The van der Waals surface area contributed by atoms with E-state index in [0.717, 1.165) is 11.8 Å². The number of fused-ring (bicyclic) bond motifs is 1. The lowest BCUT2D eigenvalue weighted by atomic mass is 10.2. The Balaban J connectivity index is 1.52. The third kappa shape index (κ3) is 5.74. The SMILES string of the molecule is O=C(N/N=C/c1ccc(Sc2nc3ccc([N+](=O)[O-])cc3s2)c([N+](=O)[O-])c1)c1ccc(Cl)cc1Cl. The van der Waals surface area contributed by atoms with Gasteiger partial charge in [-0.05, 0) is 30.3 Å². The third-order valence-corrected chi connectivity index (χ3v) is 7.19. The first kappa shape index (κ1) is 24.5. The van der Waals surface area contributed by atoms with Crippen molar-refractivity contribution in [1.29, 1.82) is 0 Å². The molecule has 0 aliphatic heterocycles. The number of nitro benzene ring substituents is 2. The molecule has 0 spiro atoms. The summed E-state index contributed by atoms with van der Waals surface area (Å²) in [6.45, 7) is 0. The van der Waals surface area contributed by atoms with E-state index >= 15 is 0 Å². The minimum Gasteiger partial charge on any atom is -0.267 e. The molecule has 176 valence electrons. The molecule has 4 aromatic rings. The van der Waals surface area contributed by atoms with Gasteiger partial charge in [0.2, 0.25) is 0 Å². The van der Waals surface area contributed by atoms with Crippen molar-refractivity contribution in [3.63, 3.8) is 0 Å². The van der Waals surface area contributed by atoms with E-state index in [1.165, 1.54) is 66.1 Å². The molecule has 0 aliphatic rings. The van der Waals surface area contributed by atoms with Crippen LogP contribution in [0.3, 0.4) is 0 Å². The summed E-state index contributed by atoms with van der Waals surface area (Å²) in [4.78, 5) is 38.5. The van der Waals surface area contributed by atoms with Crippen molar-refractivity contribution >= 4 is 80.0 Å². The normalized spacial score (nSPS) is 11.1. The summed E-state index contributed by atoms with van der Waals surface area (Å²) in [5, 5.41) is 27.0. The highest BCUT2D eigenvalue weighted by Crippen LogP contribution is 2.39. The Hall–Kier alpha value is -3.58. The van der Waals surface area contributed by atoms with Gasteiger partial charge in [-0.2, -0.15) is 5.10 Å². The molecule has 0 saturated heterocycles. The summed E-state index contributed by atoms with van der Waals surface area (Å²) >= 11 is 14.1. The van der Waals surface area contributed by atoms with E-state index in [4.69, 9.17) is 23.2 Å². The lowest BCUT2D eigenvalue weighted by Crippen LogP contribution is -2.18. The van der Waals surface area contributed by atoms with Crippen molar-refractivity contribution in [1.82, 2.24) is 10.4 Å². The van der Waals surface area contributed by atoms with Gasteiger partial charge in [-0.25, -0.2) is 10.4 Å². The van der Waals surface area contributed by atoms with Gasteiger partial charge in [0.1, 0.15) is 0 Å². The van der Waals surface area contributed by atoms with E-state index in [-0.39, 0.29) is 22.0 Å². The summed E-state index contributed by atoms with van der Waals surface area (Å²) in [5.74, 6) is -0.569. The number of hydrogen-bond donors (Lipinski definition) is 1. The average Bonchev–Trinajstić information content (AvgIpc) is 3.21. The van der Waals surface area contributed by atoms with E-state index in [2.05, 4.69) is 15.5 Å². The zero-order valence-electron chi connectivity index (χ0n) is 17.2. The van der Waals surface area contributed by atoms with Gasteiger partial charge in [0.05, 0.1) is 41.8 Å². The summed E-state index contributed by atoms with van der Waals surface area (Å²) in [5.41, 5.74) is 3.18. The summed E-state index contributed by atoms with van der Waals surface area (Å²) in [6, 6.07) is 13.1. The molecule has 0 unspecified atom stereocenters. The Labute approximate surface area is 214 Å². The number of non-ortho nitro benzene ring substituents is 1. The van der Waals surface area contributed by atoms with E-state index in [1.807, 2.05) is 0 Å². The average molecular weight is 548 g/mol. The summed E-state index contributed by atoms with van der Waals surface area (Å²) in [7, 11) is 0. The molecule has 1 amide bonds. The summed E-state index contributed by atoms with van der Waals surface area (Å²) < 4.78 is 1.10. The second kappa shape index (κ2) is 10.4. The number of nitrogens with one attached hydrogen (secondary N) is 1. The number of hydrogen-bond acceptors (Lipinski definition) is 9. The predicted molar refractivity (Wildman–Crippen MR) is 135 cm³/mol. The van der Waals surface area contributed by atoms with Crippen molar-refractivity contribution in [2.24, 2.45) is 5.10 Å². The van der Waals surface area contributed by atoms with Gasteiger partial charge < -0.3 is 0 Å². The van der Waals surface area contributed by atoms with Crippen molar-refractivity contribution < 1.29 is 14.6 Å². The Bertz CT molecular complexity index is 1530. The lowest BCUT2D eigenvalue weighted by molar-refractivity contribution is -0.387. The molecule has 14 heteroatoms. The maximum absolute atomic E-state index is 12.2. The van der Waals surface area contributed by atoms with Crippen molar-refractivity contribution in [2.45, 2.75) is 9.24 Å². The fraction of sp³-hybridized carbons (Fsp3) is 0. The topological polar surface area (TPSA) is 141 Å². The molecule has 10 nitrogen and oxygen atoms in total. The molecule has 0 saturated carbocycles. The largest absolute Gasteiger partial charge is 0.283 e. The zero-order chi connectivity index (χ0) is 25.1. The first-order valence-corrected chi connectivity index (χ1v) is 11.9. The van der Waals surface area contributed by atoms with Crippen LogP contribution in [0.1, 0.15) is 15.9 Å². The molecule has 3 aromatic carbocycles. The third-order valence-electron chi connectivity index (χ3n) is 4.50. The number of nitrogens with zero attached hydrogens (tertiary/aromatic N) is 4. The van der Waals surface area contributed by atoms with Crippen LogP contribution in [-0.2, 0) is 0 Å². The number of thiazole rings is 1. The first-order valence-electron chi connectivity index (χ1n) is 9.51. The maximum Gasteiger partial charge on any atom is 0.283 e. The molecule has 0 radical (unpaired) electrons. The molecule has 1 N–H and O–H groups in total. The standard InChI is InChI=1S/C21H11Cl2N5O5S2/c22-12-2-4-14(15(23)8-12)20(29)26-24-10-11-1-6-18(17(7-11)28(32)33)34-21-25-16-5-3-13(27(30)31)9-19(16)35-21/h1-10H,(H,26,29)/b24-10+. The molecule has 1 aromatic heterocycles. The minimum absolute atomic E-state index is 0.0576. The smallest absolute Gasteiger partial charge is 0.267 e. The Kier molecular flexibility index (Phi) is 7.26. The molecule has 0 bridgehead atoms. The Morgan fingerprint density at radius 3 is 2.57 bits per heavy atom. The highest BCUT2D eigenvalue weighted by Gasteiger charge is 2.18. The van der Waals surface area contributed by atoms with Gasteiger partial charge >= 0.3 is 0 Å². The number of carbonyl (C=O) groups excluding carboxylic acids is 1. The molecule has 1 heterocycles. The maximum atomic E-state index is 12.2. The fourth-order valence-corrected chi connectivity index (χ4v) is 5.52. The molecule has 35 heavy (non-hydrogen) atoms. The molecule has 0 atom stereocenters. The minimum atomic E-state index is -0.569. The van der Waals surface area contributed by atoms with Crippen molar-refractivity contribution in [3.05, 3.63) is 96.0 Å². The number of rotatable bonds is 7. The number of nitro groups is 2. The Morgan fingerprint density at radius 1 is 1.06 bits per heavy atom. The highest BCUT2D eigenvalue weighted by molar-refractivity contribution is 8.01. The number of aromatic nitrogens is 1. The number of halogens is 2. The van der Waals surface area contributed by atoms with Crippen molar-refractivity contribution in [2.75, 3.05) is 0 Å². The number of hydrazone groups is 1. The van der Waals surface area contributed by atoms with Gasteiger partial charge in [-0.15, -0.1) is 11.3 Å². The second-order valence-corrected chi connectivity index (χ2v) is 9.96. The van der Waals surface area contributed by atoms with Crippen LogP contribution in [0.2, 0.25) is 10.0 Å². The molecule has 0 aliphatic carbocycles. The molecule has 4 rings (SSSR count). The fourth-order valence-electron chi connectivity index (χ4n) is 2.89. The van der Waals surface area contributed by atoms with Gasteiger partial charge in [-0.1, -0.05) is 41.0 Å². The lowest BCUT2D eigenvalue weighted by Gasteiger charge is -2.03. The van der Waals surface area contributed by atoms with Crippen LogP contribution in [0, 0.1) is 20.2 Å². The highest BCUT2D eigenvalue weighted by atomic mass is 35.5. The van der Waals surface area contributed by atoms with Gasteiger partial charge in [-0.3, -0.25) is 25.0 Å². The number of amides is 1. The monoisotopic (exact) mass is 547 g/mol. The van der Waals surface area contributed by atoms with E-state index < -0.39 is 15.8 Å². The van der Waals surface area contributed by atoms with Crippen LogP contribution >= 0.6 is 46.3 Å². The molecule has 0 fully saturated rings. The van der Waals surface area contributed by atoms with Gasteiger partial charge in [0.25, 0.3) is 17.3 Å². The molecular weight excluding hydrogens is 537 g/mol. The van der Waals surface area contributed by atoms with Gasteiger partial charge in [0.15, 0.2) is 4.34 Å². The van der Waals surface area contributed by atoms with E-state index in [0.29, 0.717) is 30.0 Å². The number of benzene rings is 3. The Morgan fingerprint density at radius 2 is 1.86 bits per heavy atom. The van der Waals surface area contributed by atoms with Crippen LogP contribution in [0.5, 0.6) is 0 Å². The first-order chi connectivity index (χ1) is 16.7.